The zero-order valence-electron chi connectivity index (χ0n) is 13.4. The van der Waals surface area contributed by atoms with Gasteiger partial charge in [0.1, 0.15) is 6.10 Å². The fourth-order valence-corrected chi connectivity index (χ4v) is 1.93. The molecule has 0 aliphatic rings. The van der Waals surface area contributed by atoms with Gasteiger partial charge < -0.3 is 4.74 Å². The Kier molecular flexibility index (Phi) is 10.6. The number of esters is 1. The summed E-state index contributed by atoms with van der Waals surface area (Å²) in [6.07, 6.45) is 10.9. The molecule has 0 amide bonds. The number of hydrogen-bond donors (Lipinski definition) is 0. The summed E-state index contributed by atoms with van der Waals surface area (Å²) in [7, 11) is 0. The first-order valence-corrected chi connectivity index (χ1v) is 7.88. The van der Waals surface area contributed by atoms with Gasteiger partial charge >= 0.3 is 5.97 Å². The maximum absolute atomic E-state index is 11.9. The molecule has 0 spiro atoms. The van der Waals surface area contributed by atoms with Crippen LogP contribution in [0.2, 0.25) is 0 Å². The Morgan fingerprint density at radius 3 is 2.37 bits per heavy atom. The van der Waals surface area contributed by atoms with Crippen LogP contribution in [0.3, 0.4) is 0 Å². The fraction of sp³-hybridized carbons (Fsp3) is 0.824. The Hall–Kier alpha value is -0.790. The predicted molar refractivity (Wildman–Crippen MR) is 82.1 cm³/mol. The Morgan fingerprint density at radius 2 is 1.79 bits per heavy atom. The topological polar surface area (TPSA) is 26.3 Å². The Morgan fingerprint density at radius 1 is 1.11 bits per heavy atom. The van der Waals surface area contributed by atoms with E-state index in [-0.39, 0.29) is 18.0 Å². The molecule has 0 aliphatic heterocycles. The first kappa shape index (κ1) is 18.2. The van der Waals surface area contributed by atoms with Crippen molar-refractivity contribution in [2.45, 2.75) is 79.2 Å². The quantitative estimate of drug-likeness (QED) is 0.312. The van der Waals surface area contributed by atoms with Gasteiger partial charge in [-0.15, -0.1) is 0 Å². The maximum Gasteiger partial charge on any atom is 0.309 e. The summed E-state index contributed by atoms with van der Waals surface area (Å²) in [6.45, 7) is 10.4. The van der Waals surface area contributed by atoms with Crippen LogP contribution in [0.1, 0.15) is 73.1 Å². The molecule has 0 bridgehead atoms. The third kappa shape index (κ3) is 8.85. The molecule has 2 nitrogen and oxygen atoms in total. The minimum absolute atomic E-state index is 0.0296. The zero-order chi connectivity index (χ0) is 14.7. The maximum atomic E-state index is 11.9. The van der Waals surface area contributed by atoms with Crippen molar-refractivity contribution in [2.75, 3.05) is 0 Å². The molecule has 3 atom stereocenters. The SMILES string of the molecule is CC/C=C\CC(C)C(=O)OC(C)C(C)CCCCC. The number of rotatable bonds is 10. The molecular weight excluding hydrogens is 236 g/mol. The van der Waals surface area contributed by atoms with Gasteiger partial charge in [0.2, 0.25) is 0 Å². The van der Waals surface area contributed by atoms with E-state index in [1.807, 2.05) is 13.8 Å². The van der Waals surface area contributed by atoms with Crippen LogP contribution in [0.15, 0.2) is 12.2 Å². The summed E-state index contributed by atoms with van der Waals surface area (Å²) >= 11 is 0. The van der Waals surface area contributed by atoms with Crippen LogP contribution >= 0.6 is 0 Å². The monoisotopic (exact) mass is 268 g/mol. The first-order chi connectivity index (χ1) is 9.02. The lowest BCUT2D eigenvalue weighted by molar-refractivity contribution is -0.154. The lowest BCUT2D eigenvalue weighted by Crippen LogP contribution is -2.25. The number of carbonyl (C=O) groups is 1. The van der Waals surface area contributed by atoms with E-state index in [9.17, 15) is 4.79 Å². The van der Waals surface area contributed by atoms with Crippen molar-refractivity contribution in [3.8, 4) is 0 Å². The molecule has 0 aromatic rings. The normalized spacial score (nSPS) is 16.3. The van der Waals surface area contributed by atoms with Gasteiger partial charge in [-0.05, 0) is 32.1 Å². The largest absolute Gasteiger partial charge is 0.462 e. The van der Waals surface area contributed by atoms with Crippen LogP contribution in [0.4, 0.5) is 0 Å². The average molecular weight is 268 g/mol. The number of unbranched alkanes of at least 4 members (excludes halogenated alkanes) is 2. The van der Waals surface area contributed by atoms with Gasteiger partial charge in [-0.25, -0.2) is 0 Å². The Balaban J connectivity index is 3.98. The van der Waals surface area contributed by atoms with E-state index < -0.39 is 0 Å². The van der Waals surface area contributed by atoms with Crippen LogP contribution in [-0.2, 0) is 9.53 Å². The van der Waals surface area contributed by atoms with Crippen molar-refractivity contribution >= 4 is 5.97 Å². The highest BCUT2D eigenvalue weighted by Gasteiger charge is 2.20. The molecular formula is C17H32O2. The fourth-order valence-electron chi connectivity index (χ4n) is 1.93. The van der Waals surface area contributed by atoms with Crippen molar-refractivity contribution in [3.63, 3.8) is 0 Å². The van der Waals surface area contributed by atoms with E-state index in [1.54, 1.807) is 0 Å². The third-order valence-electron chi connectivity index (χ3n) is 3.66. The van der Waals surface area contributed by atoms with Gasteiger partial charge in [-0.2, -0.15) is 0 Å². The van der Waals surface area contributed by atoms with Crippen molar-refractivity contribution < 1.29 is 9.53 Å². The highest BCUT2D eigenvalue weighted by Crippen LogP contribution is 2.18. The van der Waals surface area contributed by atoms with Crippen molar-refractivity contribution in [2.24, 2.45) is 11.8 Å². The molecule has 2 heteroatoms. The van der Waals surface area contributed by atoms with Crippen molar-refractivity contribution in [1.29, 1.82) is 0 Å². The smallest absolute Gasteiger partial charge is 0.309 e. The molecule has 0 saturated carbocycles. The van der Waals surface area contributed by atoms with Crippen LogP contribution in [0.25, 0.3) is 0 Å². The van der Waals surface area contributed by atoms with Gasteiger partial charge in [0.15, 0.2) is 0 Å². The van der Waals surface area contributed by atoms with Crippen molar-refractivity contribution in [1.82, 2.24) is 0 Å². The molecule has 0 rings (SSSR count). The summed E-state index contributed by atoms with van der Waals surface area (Å²) < 4.78 is 5.56. The molecule has 0 fully saturated rings. The molecule has 0 radical (unpaired) electrons. The van der Waals surface area contributed by atoms with E-state index in [1.165, 1.54) is 19.3 Å². The van der Waals surface area contributed by atoms with Crippen LogP contribution in [-0.4, -0.2) is 12.1 Å². The second-order valence-corrected chi connectivity index (χ2v) is 5.63. The Labute approximate surface area is 119 Å². The zero-order valence-corrected chi connectivity index (χ0v) is 13.4. The molecule has 19 heavy (non-hydrogen) atoms. The van der Waals surface area contributed by atoms with E-state index in [0.29, 0.717) is 5.92 Å². The summed E-state index contributed by atoms with van der Waals surface area (Å²) in [5.41, 5.74) is 0. The Bertz CT molecular complexity index is 258. The van der Waals surface area contributed by atoms with E-state index in [2.05, 4.69) is 32.9 Å². The van der Waals surface area contributed by atoms with Crippen LogP contribution in [0, 0.1) is 11.8 Å². The van der Waals surface area contributed by atoms with E-state index in [0.717, 1.165) is 19.3 Å². The minimum Gasteiger partial charge on any atom is -0.462 e. The van der Waals surface area contributed by atoms with Gasteiger partial charge in [-0.1, -0.05) is 59.1 Å². The van der Waals surface area contributed by atoms with Gasteiger partial charge in [-0.3, -0.25) is 4.79 Å². The highest BCUT2D eigenvalue weighted by atomic mass is 16.5. The van der Waals surface area contributed by atoms with E-state index >= 15 is 0 Å². The van der Waals surface area contributed by atoms with Crippen molar-refractivity contribution in [3.05, 3.63) is 12.2 Å². The van der Waals surface area contributed by atoms with Gasteiger partial charge in [0, 0.05) is 0 Å². The predicted octanol–water partition coefficient (Wildman–Crippen LogP) is 5.13. The second-order valence-electron chi connectivity index (χ2n) is 5.63. The summed E-state index contributed by atoms with van der Waals surface area (Å²) in [4.78, 5) is 11.9. The molecule has 0 heterocycles. The lowest BCUT2D eigenvalue weighted by atomic mass is 9.98. The number of carbonyl (C=O) groups excluding carboxylic acids is 1. The molecule has 0 aromatic carbocycles. The van der Waals surface area contributed by atoms with Crippen LogP contribution < -0.4 is 0 Å². The highest BCUT2D eigenvalue weighted by molar-refractivity contribution is 5.72. The molecule has 3 unspecified atom stereocenters. The molecule has 0 N–H and O–H groups in total. The average Bonchev–Trinajstić information content (AvgIpc) is 2.38. The number of ether oxygens (including phenoxy) is 1. The molecule has 0 aromatic heterocycles. The standard InChI is InChI=1S/C17H32O2/c1-6-8-10-12-14(3)16(5)19-17(18)15(4)13-11-9-7-2/h9,11,14-16H,6-8,10,12-13H2,1-5H3/b11-9-. The molecule has 0 saturated heterocycles. The summed E-state index contributed by atoms with van der Waals surface area (Å²) in [5, 5.41) is 0. The summed E-state index contributed by atoms with van der Waals surface area (Å²) in [5.74, 6) is 0.359. The molecule has 0 aliphatic carbocycles. The number of allylic oxidation sites excluding steroid dienone is 2. The molecule has 112 valence electrons. The van der Waals surface area contributed by atoms with Gasteiger partial charge in [0.05, 0.1) is 5.92 Å². The van der Waals surface area contributed by atoms with Gasteiger partial charge in [0.25, 0.3) is 0 Å². The third-order valence-corrected chi connectivity index (χ3v) is 3.66. The second kappa shape index (κ2) is 11.1. The lowest BCUT2D eigenvalue weighted by Gasteiger charge is -2.22. The van der Waals surface area contributed by atoms with Crippen LogP contribution in [0.5, 0.6) is 0 Å². The first-order valence-electron chi connectivity index (χ1n) is 7.88. The van der Waals surface area contributed by atoms with E-state index in [4.69, 9.17) is 4.74 Å². The number of hydrogen-bond acceptors (Lipinski definition) is 2. The minimum atomic E-state index is -0.0596. The summed E-state index contributed by atoms with van der Waals surface area (Å²) in [6, 6.07) is 0.